The molecule has 10 nitrogen and oxygen atoms in total. The van der Waals surface area contributed by atoms with Gasteiger partial charge in [0.1, 0.15) is 5.70 Å². The molecule has 0 spiro atoms. The van der Waals surface area contributed by atoms with Crippen molar-refractivity contribution in [3.05, 3.63) is 29.0 Å². The lowest BCUT2D eigenvalue weighted by molar-refractivity contribution is -0.136. The number of methoxy groups -OCH3 is 3. The second kappa shape index (κ2) is 8.41. The first-order chi connectivity index (χ1) is 12.9. The van der Waals surface area contributed by atoms with E-state index in [9.17, 15) is 19.5 Å². The standard InChI is InChI=1S/C17H20N2O8/c1-25-12-6-9(16(22)23)11(7-13(12)26-2)18-14-10(17(24)27-3)8-19(4-5-20)15(14)21/h6-7,18,20H,4-5,8H2,1-3H3,(H,22,23). The molecular formula is C17H20N2O8. The maximum atomic E-state index is 12.6. The maximum Gasteiger partial charge on any atom is 0.337 e. The van der Waals surface area contributed by atoms with Crippen molar-refractivity contribution in [3.63, 3.8) is 0 Å². The van der Waals surface area contributed by atoms with Gasteiger partial charge in [0.15, 0.2) is 11.5 Å². The van der Waals surface area contributed by atoms with Crippen LogP contribution in [0.4, 0.5) is 5.69 Å². The number of carbonyl (C=O) groups excluding carboxylic acids is 2. The van der Waals surface area contributed by atoms with Crippen LogP contribution >= 0.6 is 0 Å². The summed E-state index contributed by atoms with van der Waals surface area (Å²) >= 11 is 0. The molecule has 146 valence electrons. The van der Waals surface area contributed by atoms with Crippen molar-refractivity contribution in [1.82, 2.24) is 4.90 Å². The number of ether oxygens (including phenoxy) is 3. The number of hydrogen-bond acceptors (Lipinski definition) is 8. The van der Waals surface area contributed by atoms with E-state index < -0.39 is 17.8 Å². The molecule has 1 aromatic rings. The Hall–Kier alpha value is -3.27. The molecule has 1 aliphatic heterocycles. The van der Waals surface area contributed by atoms with E-state index in [-0.39, 0.29) is 53.7 Å². The normalized spacial score (nSPS) is 13.6. The van der Waals surface area contributed by atoms with Crippen LogP contribution in [0.15, 0.2) is 23.4 Å². The smallest absolute Gasteiger partial charge is 0.337 e. The van der Waals surface area contributed by atoms with Crippen LogP contribution in [0.1, 0.15) is 10.4 Å². The van der Waals surface area contributed by atoms with Crippen molar-refractivity contribution in [1.29, 1.82) is 0 Å². The number of β-amino-alcohol motifs (C(OH)–C–C–N with tert-alkyl or cyclic N) is 1. The van der Waals surface area contributed by atoms with E-state index in [1.54, 1.807) is 0 Å². The van der Waals surface area contributed by atoms with Crippen LogP contribution in [-0.2, 0) is 14.3 Å². The highest BCUT2D eigenvalue weighted by Crippen LogP contribution is 2.35. The Balaban J connectivity index is 2.53. The summed E-state index contributed by atoms with van der Waals surface area (Å²) < 4.78 is 15.0. The number of carbonyl (C=O) groups is 3. The average Bonchev–Trinajstić information content (AvgIpc) is 2.96. The number of nitrogens with zero attached hydrogens (tertiary/aromatic N) is 1. The fourth-order valence-electron chi connectivity index (χ4n) is 2.64. The average molecular weight is 380 g/mol. The molecule has 0 fully saturated rings. The fraction of sp³-hybridized carbons (Fsp3) is 0.353. The Bertz CT molecular complexity index is 802. The van der Waals surface area contributed by atoms with Crippen LogP contribution in [0.3, 0.4) is 0 Å². The number of esters is 1. The molecule has 1 amide bonds. The van der Waals surface area contributed by atoms with Gasteiger partial charge in [0.05, 0.1) is 51.3 Å². The highest BCUT2D eigenvalue weighted by atomic mass is 16.5. The van der Waals surface area contributed by atoms with Gasteiger partial charge in [-0.25, -0.2) is 9.59 Å². The molecule has 0 aromatic heterocycles. The molecule has 0 saturated heterocycles. The van der Waals surface area contributed by atoms with Crippen molar-refractivity contribution in [2.24, 2.45) is 0 Å². The van der Waals surface area contributed by atoms with Gasteiger partial charge < -0.3 is 34.6 Å². The van der Waals surface area contributed by atoms with E-state index in [2.05, 4.69) is 5.32 Å². The minimum Gasteiger partial charge on any atom is -0.493 e. The number of anilines is 1. The predicted octanol–water partition coefficient (Wildman–Crippen LogP) is 0.0755. The first-order valence-electron chi connectivity index (χ1n) is 7.85. The van der Waals surface area contributed by atoms with Crippen LogP contribution in [-0.4, -0.2) is 74.0 Å². The summed E-state index contributed by atoms with van der Waals surface area (Å²) in [5.41, 5.74) is -0.236. The van der Waals surface area contributed by atoms with Gasteiger partial charge in [-0.05, 0) is 0 Å². The van der Waals surface area contributed by atoms with Gasteiger partial charge in [-0.3, -0.25) is 4.79 Å². The second-order valence-electron chi connectivity index (χ2n) is 5.48. The van der Waals surface area contributed by atoms with Gasteiger partial charge in [0.2, 0.25) is 0 Å². The minimum absolute atomic E-state index is 0.0161. The number of aromatic carboxylic acids is 1. The molecule has 0 radical (unpaired) electrons. The summed E-state index contributed by atoms with van der Waals surface area (Å²) in [6.07, 6.45) is 0. The van der Waals surface area contributed by atoms with Crippen molar-refractivity contribution >= 4 is 23.5 Å². The first kappa shape index (κ1) is 20.0. The molecule has 3 N–H and O–H groups in total. The molecule has 1 heterocycles. The molecule has 1 aromatic carbocycles. The third-order valence-electron chi connectivity index (χ3n) is 3.97. The Kier molecular flexibility index (Phi) is 6.24. The molecule has 1 aliphatic rings. The second-order valence-corrected chi connectivity index (χ2v) is 5.48. The SMILES string of the molecule is COC(=O)C1=C(Nc2cc(OC)c(OC)cc2C(=O)O)C(=O)N(CCO)C1. The molecule has 2 rings (SSSR count). The highest BCUT2D eigenvalue weighted by molar-refractivity contribution is 6.09. The molecule has 0 unspecified atom stereocenters. The zero-order chi connectivity index (χ0) is 20.1. The van der Waals surface area contributed by atoms with E-state index in [1.165, 1.54) is 38.4 Å². The van der Waals surface area contributed by atoms with Crippen LogP contribution < -0.4 is 14.8 Å². The lowest BCUT2D eigenvalue weighted by atomic mass is 10.1. The molecule has 0 bridgehead atoms. The first-order valence-corrected chi connectivity index (χ1v) is 7.85. The van der Waals surface area contributed by atoms with Gasteiger partial charge in [-0.1, -0.05) is 0 Å². The summed E-state index contributed by atoms with van der Waals surface area (Å²) in [7, 11) is 3.91. The zero-order valence-corrected chi connectivity index (χ0v) is 15.1. The van der Waals surface area contributed by atoms with E-state index in [0.717, 1.165) is 0 Å². The van der Waals surface area contributed by atoms with Crippen LogP contribution in [0.2, 0.25) is 0 Å². The highest BCUT2D eigenvalue weighted by Gasteiger charge is 2.35. The summed E-state index contributed by atoms with van der Waals surface area (Å²) in [5.74, 6) is -2.12. The van der Waals surface area contributed by atoms with E-state index in [0.29, 0.717) is 0 Å². The van der Waals surface area contributed by atoms with Crippen LogP contribution in [0, 0.1) is 0 Å². The van der Waals surface area contributed by atoms with Gasteiger partial charge in [-0.2, -0.15) is 0 Å². The molecule has 0 aliphatic carbocycles. The van der Waals surface area contributed by atoms with Crippen molar-refractivity contribution in [2.75, 3.05) is 46.3 Å². The summed E-state index contributed by atoms with van der Waals surface area (Å²) in [5, 5.41) is 21.3. The number of aliphatic hydroxyl groups is 1. The monoisotopic (exact) mass is 380 g/mol. The molecule has 10 heteroatoms. The molecule has 27 heavy (non-hydrogen) atoms. The summed E-state index contributed by atoms with van der Waals surface area (Å²) in [6, 6.07) is 2.60. The number of aliphatic hydroxyl groups excluding tert-OH is 1. The van der Waals surface area contributed by atoms with Crippen molar-refractivity contribution in [3.8, 4) is 11.5 Å². The van der Waals surface area contributed by atoms with Crippen LogP contribution in [0.25, 0.3) is 0 Å². The lowest BCUT2D eigenvalue weighted by Gasteiger charge is -2.17. The number of benzene rings is 1. The third kappa shape index (κ3) is 3.95. The molecule has 0 saturated carbocycles. The Labute approximate surface area is 154 Å². The number of carboxylic acids is 1. The Morgan fingerprint density at radius 3 is 2.33 bits per heavy atom. The van der Waals surface area contributed by atoms with E-state index >= 15 is 0 Å². The van der Waals surface area contributed by atoms with Gasteiger partial charge >= 0.3 is 11.9 Å². The largest absolute Gasteiger partial charge is 0.493 e. The number of amides is 1. The summed E-state index contributed by atoms with van der Waals surface area (Å²) in [4.78, 5) is 37.5. The Morgan fingerprint density at radius 1 is 1.19 bits per heavy atom. The Morgan fingerprint density at radius 2 is 1.81 bits per heavy atom. The number of carboxylic acid groups (broad SMARTS) is 1. The number of nitrogens with one attached hydrogen (secondary N) is 1. The number of hydrogen-bond donors (Lipinski definition) is 3. The molecule has 0 atom stereocenters. The number of rotatable bonds is 8. The minimum atomic E-state index is -1.27. The zero-order valence-electron chi connectivity index (χ0n) is 15.1. The predicted molar refractivity (Wildman–Crippen MR) is 92.8 cm³/mol. The van der Waals surface area contributed by atoms with Crippen molar-refractivity contribution < 1.29 is 38.8 Å². The lowest BCUT2D eigenvalue weighted by Crippen LogP contribution is -2.31. The van der Waals surface area contributed by atoms with Gasteiger partial charge in [0.25, 0.3) is 5.91 Å². The van der Waals surface area contributed by atoms with E-state index in [4.69, 9.17) is 19.3 Å². The quantitative estimate of drug-likeness (QED) is 0.536. The van der Waals surface area contributed by atoms with Crippen molar-refractivity contribution in [2.45, 2.75) is 0 Å². The van der Waals surface area contributed by atoms with Gasteiger partial charge in [0, 0.05) is 18.7 Å². The topological polar surface area (TPSA) is 135 Å². The fourth-order valence-corrected chi connectivity index (χ4v) is 2.64. The molecular weight excluding hydrogens is 360 g/mol. The van der Waals surface area contributed by atoms with Gasteiger partial charge in [-0.15, -0.1) is 0 Å². The van der Waals surface area contributed by atoms with E-state index in [1.807, 2.05) is 0 Å². The van der Waals surface area contributed by atoms with Crippen LogP contribution in [0.5, 0.6) is 11.5 Å². The third-order valence-corrected chi connectivity index (χ3v) is 3.97. The maximum absolute atomic E-state index is 12.6. The summed E-state index contributed by atoms with van der Waals surface area (Å²) in [6.45, 7) is -0.337.